The molecule has 1 saturated heterocycles. The summed E-state index contributed by atoms with van der Waals surface area (Å²) < 4.78 is 0. The van der Waals surface area contributed by atoms with E-state index in [4.69, 9.17) is 0 Å². The van der Waals surface area contributed by atoms with E-state index >= 15 is 0 Å². The molecule has 3 rings (SSSR count). The number of nitrogens with one attached hydrogen (secondary N) is 2. The zero-order valence-corrected chi connectivity index (χ0v) is 14.1. The molecule has 5 heteroatoms. The van der Waals surface area contributed by atoms with Crippen LogP contribution in [0.1, 0.15) is 45.6 Å². The molecule has 0 aromatic heterocycles. The minimum Gasteiger partial charge on any atom is -0.338 e. The van der Waals surface area contributed by atoms with Crippen molar-refractivity contribution in [2.24, 2.45) is 0 Å². The maximum Gasteiger partial charge on any atom is 0.319 e. The van der Waals surface area contributed by atoms with Crippen molar-refractivity contribution >= 4 is 17.6 Å². The van der Waals surface area contributed by atoms with Gasteiger partial charge in [-0.3, -0.25) is 4.79 Å². The van der Waals surface area contributed by atoms with Crippen molar-refractivity contribution in [3.63, 3.8) is 0 Å². The third-order valence-corrected chi connectivity index (χ3v) is 4.49. The molecule has 23 heavy (non-hydrogen) atoms. The number of carbonyl (C=O) groups excluding carboxylic acids is 2. The quantitative estimate of drug-likeness (QED) is 0.901. The first-order chi connectivity index (χ1) is 10.8. The summed E-state index contributed by atoms with van der Waals surface area (Å²) in [5.41, 5.74) is 2.08. The van der Waals surface area contributed by atoms with Crippen molar-refractivity contribution in [3.8, 4) is 0 Å². The third kappa shape index (κ3) is 3.84. The van der Waals surface area contributed by atoms with Gasteiger partial charge in [0.05, 0.1) is 6.04 Å². The van der Waals surface area contributed by atoms with Crippen molar-refractivity contribution in [1.29, 1.82) is 0 Å². The maximum atomic E-state index is 12.1. The van der Waals surface area contributed by atoms with E-state index in [0.717, 1.165) is 18.5 Å². The van der Waals surface area contributed by atoms with Gasteiger partial charge in [-0.05, 0) is 36.0 Å². The van der Waals surface area contributed by atoms with E-state index in [1.54, 1.807) is 0 Å². The Bertz CT molecular complexity index is 600. The first-order valence-electron chi connectivity index (χ1n) is 8.30. The number of benzene rings is 1. The fraction of sp³-hybridized carbons (Fsp3) is 0.556. The Morgan fingerprint density at radius 3 is 2.39 bits per heavy atom. The molecular formula is C18H25N3O2. The van der Waals surface area contributed by atoms with E-state index in [0.29, 0.717) is 19.0 Å². The van der Waals surface area contributed by atoms with Gasteiger partial charge in [0.1, 0.15) is 0 Å². The molecule has 0 radical (unpaired) electrons. The summed E-state index contributed by atoms with van der Waals surface area (Å²) >= 11 is 0. The molecule has 1 unspecified atom stereocenters. The third-order valence-electron chi connectivity index (χ3n) is 4.49. The lowest BCUT2D eigenvalue weighted by molar-refractivity contribution is -0.128. The molecule has 1 atom stereocenters. The van der Waals surface area contributed by atoms with Gasteiger partial charge >= 0.3 is 6.03 Å². The average Bonchev–Trinajstić information content (AvgIpc) is 3.23. The van der Waals surface area contributed by atoms with Crippen LogP contribution in [-0.4, -0.2) is 35.5 Å². The molecule has 1 aliphatic heterocycles. The zero-order valence-electron chi connectivity index (χ0n) is 14.1. The highest BCUT2D eigenvalue weighted by atomic mass is 16.2. The van der Waals surface area contributed by atoms with Crippen LogP contribution in [-0.2, 0) is 10.2 Å². The van der Waals surface area contributed by atoms with E-state index in [9.17, 15) is 9.59 Å². The van der Waals surface area contributed by atoms with Gasteiger partial charge in [0.2, 0.25) is 5.91 Å². The Labute approximate surface area is 137 Å². The molecule has 0 spiro atoms. The summed E-state index contributed by atoms with van der Waals surface area (Å²) in [6.45, 7) is 7.11. The number of hydrogen-bond acceptors (Lipinski definition) is 2. The summed E-state index contributed by atoms with van der Waals surface area (Å²) in [7, 11) is 0. The van der Waals surface area contributed by atoms with E-state index < -0.39 is 0 Å². The standard InChI is InChI=1S/C18H25N3O2/c1-18(2,3)12-4-6-13(7-5-12)19-17(23)20-14-10-16(22)21(11-14)15-8-9-15/h4-7,14-15H,8-11H2,1-3H3,(H2,19,20,23). The molecule has 5 nitrogen and oxygen atoms in total. The van der Waals surface area contributed by atoms with Gasteiger partial charge in [0.25, 0.3) is 0 Å². The Hall–Kier alpha value is -2.04. The van der Waals surface area contributed by atoms with E-state index in [1.807, 2.05) is 29.2 Å². The van der Waals surface area contributed by atoms with Gasteiger partial charge in [-0.1, -0.05) is 32.9 Å². The predicted molar refractivity (Wildman–Crippen MR) is 90.4 cm³/mol. The summed E-state index contributed by atoms with van der Waals surface area (Å²) in [6, 6.07) is 7.98. The van der Waals surface area contributed by atoms with Gasteiger partial charge in [0, 0.05) is 24.7 Å². The smallest absolute Gasteiger partial charge is 0.319 e. The highest BCUT2D eigenvalue weighted by Gasteiger charge is 2.39. The summed E-state index contributed by atoms with van der Waals surface area (Å²) in [6.07, 6.45) is 2.61. The lowest BCUT2D eigenvalue weighted by Gasteiger charge is -2.19. The topological polar surface area (TPSA) is 61.4 Å². The van der Waals surface area contributed by atoms with Crippen LogP contribution >= 0.6 is 0 Å². The van der Waals surface area contributed by atoms with Crippen LogP contribution in [0.5, 0.6) is 0 Å². The number of urea groups is 1. The minimum atomic E-state index is -0.246. The summed E-state index contributed by atoms with van der Waals surface area (Å²) in [5, 5.41) is 5.74. The van der Waals surface area contributed by atoms with Gasteiger partial charge in [-0.15, -0.1) is 0 Å². The lowest BCUT2D eigenvalue weighted by Crippen LogP contribution is -2.40. The highest BCUT2D eigenvalue weighted by Crippen LogP contribution is 2.30. The van der Waals surface area contributed by atoms with Gasteiger partial charge in [0.15, 0.2) is 0 Å². The van der Waals surface area contributed by atoms with Crippen molar-refractivity contribution < 1.29 is 9.59 Å². The fourth-order valence-electron chi connectivity index (χ4n) is 2.97. The molecule has 2 aliphatic rings. The summed E-state index contributed by atoms with van der Waals surface area (Å²) in [4.78, 5) is 25.9. The number of rotatable bonds is 3. The first kappa shape index (κ1) is 15.8. The van der Waals surface area contributed by atoms with Crippen LogP contribution in [0.3, 0.4) is 0 Å². The van der Waals surface area contributed by atoms with E-state index in [1.165, 1.54) is 5.56 Å². The molecule has 1 heterocycles. The molecular weight excluding hydrogens is 290 g/mol. The second-order valence-corrected chi connectivity index (χ2v) is 7.60. The van der Waals surface area contributed by atoms with Gasteiger partial charge in [-0.25, -0.2) is 4.79 Å². The highest BCUT2D eigenvalue weighted by molar-refractivity contribution is 5.90. The number of anilines is 1. The second kappa shape index (κ2) is 5.87. The number of hydrogen-bond donors (Lipinski definition) is 2. The molecule has 1 aromatic rings. The van der Waals surface area contributed by atoms with Crippen molar-refractivity contribution in [2.45, 2.75) is 57.5 Å². The normalized spacial score (nSPS) is 21.4. The average molecular weight is 315 g/mol. The second-order valence-electron chi connectivity index (χ2n) is 7.60. The molecule has 1 aromatic carbocycles. The Kier molecular flexibility index (Phi) is 4.04. The Balaban J connectivity index is 1.52. The van der Waals surface area contributed by atoms with E-state index in [2.05, 4.69) is 31.4 Å². The SMILES string of the molecule is CC(C)(C)c1ccc(NC(=O)NC2CC(=O)N(C3CC3)C2)cc1. The molecule has 1 aliphatic carbocycles. The monoisotopic (exact) mass is 315 g/mol. The predicted octanol–water partition coefficient (Wildman–Crippen LogP) is 2.87. The molecule has 0 bridgehead atoms. The fourth-order valence-corrected chi connectivity index (χ4v) is 2.97. The maximum absolute atomic E-state index is 12.1. The van der Waals surface area contributed by atoms with Crippen LogP contribution < -0.4 is 10.6 Å². The number of nitrogens with zero attached hydrogens (tertiary/aromatic N) is 1. The van der Waals surface area contributed by atoms with Crippen LogP contribution in [0.25, 0.3) is 0 Å². The van der Waals surface area contributed by atoms with Crippen LogP contribution in [0.4, 0.5) is 10.5 Å². The van der Waals surface area contributed by atoms with Crippen LogP contribution in [0.2, 0.25) is 0 Å². The number of amides is 3. The first-order valence-corrected chi connectivity index (χ1v) is 8.30. The zero-order chi connectivity index (χ0) is 16.6. The molecule has 3 amide bonds. The van der Waals surface area contributed by atoms with Crippen LogP contribution in [0, 0.1) is 0 Å². The number of carbonyl (C=O) groups is 2. The van der Waals surface area contributed by atoms with Crippen molar-refractivity contribution in [3.05, 3.63) is 29.8 Å². The van der Waals surface area contributed by atoms with Crippen molar-refractivity contribution in [2.75, 3.05) is 11.9 Å². The minimum absolute atomic E-state index is 0.0862. The molecule has 2 N–H and O–H groups in total. The van der Waals surface area contributed by atoms with Crippen LogP contribution in [0.15, 0.2) is 24.3 Å². The molecule has 1 saturated carbocycles. The number of likely N-dealkylation sites (tertiary alicyclic amines) is 1. The van der Waals surface area contributed by atoms with Crippen molar-refractivity contribution in [1.82, 2.24) is 10.2 Å². The lowest BCUT2D eigenvalue weighted by atomic mass is 9.87. The largest absolute Gasteiger partial charge is 0.338 e. The Morgan fingerprint density at radius 2 is 1.83 bits per heavy atom. The summed E-state index contributed by atoms with van der Waals surface area (Å²) in [5.74, 6) is 0.160. The van der Waals surface area contributed by atoms with Gasteiger partial charge in [-0.2, -0.15) is 0 Å². The van der Waals surface area contributed by atoms with Gasteiger partial charge < -0.3 is 15.5 Å². The van der Waals surface area contributed by atoms with E-state index in [-0.39, 0.29) is 23.4 Å². The Morgan fingerprint density at radius 1 is 1.17 bits per heavy atom. The molecule has 2 fully saturated rings. The molecule has 124 valence electrons.